The number of nitriles is 1. The molecule has 0 aliphatic heterocycles. The van der Waals surface area contributed by atoms with Crippen molar-refractivity contribution in [3.63, 3.8) is 0 Å². The Balaban J connectivity index is 2.19. The van der Waals surface area contributed by atoms with Crippen molar-refractivity contribution in [3.05, 3.63) is 64.1 Å². The molecular formula is C16H15N3O2. The summed E-state index contributed by atoms with van der Waals surface area (Å²) in [5.74, 6) is -0.468. The number of anilines is 1. The third-order valence-corrected chi connectivity index (χ3v) is 3.21. The van der Waals surface area contributed by atoms with Gasteiger partial charge in [-0.1, -0.05) is 12.1 Å². The van der Waals surface area contributed by atoms with E-state index in [9.17, 15) is 9.59 Å². The minimum Gasteiger partial charge on any atom is -0.367 e. The Morgan fingerprint density at radius 2 is 1.90 bits per heavy atom. The first kappa shape index (κ1) is 14.5. The number of nitrogens with zero attached hydrogens (tertiary/aromatic N) is 1. The molecule has 1 aromatic carbocycles. The second-order valence-electron chi connectivity index (χ2n) is 5.19. The predicted molar refractivity (Wildman–Crippen MR) is 80.1 cm³/mol. The summed E-state index contributed by atoms with van der Waals surface area (Å²) in [7, 11) is 0. The third-order valence-electron chi connectivity index (χ3n) is 3.21. The fraction of sp³-hybridized carbons (Fsp3) is 0.188. The highest BCUT2D eigenvalue weighted by atomic mass is 16.2. The van der Waals surface area contributed by atoms with Crippen LogP contribution in [0.2, 0.25) is 0 Å². The molecule has 106 valence electrons. The molecule has 2 aromatic rings. The van der Waals surface area contributed by atoms with Crippen LogP contribution in [-0.2, 0) is 5.41 Å². The highest BCUT2D eigenvalue weighted by Gasteiger charge is 2.19. The largest absolute Gasteiger partial charge is 0.367 e. The van der Waals surface area contributed by atoms with Gasteiger partial charge >= 0.3 is 0 Å². The van der Waals surface area contributed by atoms with Crippen LogP contribution in [0, 0.1) is 11.3 Å². The summed E-state index contributed by atoms with van der Waals surface area (Å²) in [5.41, 5.74) is 0.563. The normalized spacial score (nSPS) is 10.7. The number of rotatable bonds is 3. The van der Waals surface area contributed by atoms with E-state index in [1.54, 1.807) is 24.3 Å². The lowest BCUT2D eigenvalue weighted by atomic mass is 9.86. The number of benzene rings is 1. The van der Waals surface area contributed by atoms with Crippen LogP contribution in [-0.4, -0.2) is 10.9 Å². The van der Waals surface area contributed by atoms with Gasteiger partial charge in [0.05, 0.1) is 11.5 Å². The molecule has 2 N–H and O–H groups in total. The second-order valence-corrected chi connectivity index (χ2v) is 5.19. The summed E-state index contributed by atoms with van der Waals surface area (Å²) in [5, 5.41) is 11.7. The Labute approximate surface area is 122 Å². The lowest BCUT2D eigenvalue weighted by Gasteiger charge is -2.16. The maximum atomic E-state index is 12.0. The zero-order valence-electron chi connectivity index (χ0n) is 11.8. The Morgan fingerprint density at radius 3 is 2.48 bits per heavy atom. The van der Waals surface area contributed by atoms with Crippen LogP contribution in [0.15, 0.2) is 47.5 Å². The molecule has 1 amide bonds. The van der Waals surface area contributed by atoms with E-state index < -0.39 is 11.3 Å². The standard InChI is InChI=1S/C16H15N3O2/c1-16(2,10-17)11-3-5-12(6-4-11)19-15(21)13-9-18-8-7-14(13)20/h3-9H,1-2H3,(H,18,20)(H,19,21). The molecule has 0 saturated heterocycles. The number of hydrogen-bond donors (Lipinski definition) is 2. The maximum absolute atomic E-state index is 12.0. The van der Waals surface area contributed by atoms with Gasteiger partial charge in [0.2, 0.25) is 0 Å². The average molecular weight is 281 g/mol. The van der Waals surface area contributed by atoms with Crippen LogP contribution in [0.4, 0.5) is 5.69 Å². The van der Waals surface area contributed by atoms with Gasteiger partial charge in [0.1, 0.15) is 5.56 Å². The van der Waals surface area contributed by atoms with Crippen molar-refractivity contribution in [2.24, 2.45) is 0 Å². The molecule has 0 aliphatic carbocycles. The number of aromatic amines is 1. The lowest BCUT2D eigenvalue weighted by molar-refractivity contribution is 0.102. The monoisotopic (exact) mass is 281 g/mol. The van der Waals surface area contributed by atoms with E-state index in [0.717, 1.165) is 5.56 Å². The fourth-order valence-corrected chi connectivity index (χ4v) is 1.83. The smallest absolute Gasteiger partial charge is 0.261 e. The highest BCUT2D eigenvalue weighted by molar-refractivity contribution is 6.03. The van der Waals surface area contributed by atoms with Crippen molar-refractivity contribution >= 4 is 11.6 Å². The highest BCUT2D eigenvalue weighted by Crippen LogP contribution is 2.23. The van der Waals surface area contributed by atoms with Gasteiger partial charge in [-0.2, -0.15) is 5.26 Å². The first-order valence-electron chi connectivity index (χ1n) is 6.44. The SMILES string of the molecule is CC(C)(C#N)c1ccc(NC(=O)c2c[nH]ccc2=O)cc1. The number of carbonyl (C=O) groups is 1. The first-order chi connectivity index (χ1) is 9.94. The number of amides is 1. The van der Waals surface area contributed by atoms with Crippen LogP contribution in [0.1, 0.15) is 29.8 Å². The number of nitrogens with one attached hydrogen (secondary N) is 2. The Hall–Kier alpha value is -2.87. The van der Waals surface area contributed by atoms with E-state index in [0.29, 0.717) is 5.69 Å². The summed E-state index contributed by atoms with van der Waals surface area (Å²) in [6.45, 7) is 3.65. The average Bonchev–Trinajstić information content (AvgIpc) is 2.48. The molecule has 0 saturated carbocycles. The number of pyridine rings is 1. The molecule has 0 atom stereocenters. The van der Waals surface area contributed by atoms with Gasteiger partial charge in [-0.15, -0.1) is 0 Å². The van der Waals surface area contributed by atoms with Crippen molar-refractivity contribution in [3.8, 4) is 6.07 Å². The van der Waals surface area contributed by atoms with Crippen molar-refractivity contribution < 1.29 is 4.79 Å². The van der Waals surface area contributed by atoms with Gasteiger partial charge in [0.25, 0.3) is 5.91 Å². The van der Waals surface area contributed by atoms with Crippen LogP contribution < -0.4 is 10.7 Å². The summed E-state index contributed by atoms with van der Waals surface area (Å²) in [6, 6.07) is 10.5. The minimum absolute atomic E-state index is 0.0546. The molecule has 5 heteroatoms. The number of aromatic nitrogens is 1. The van der Waals surface area contributed by atoms with Gasteiger partial charge in [-0.25, -0.2) is 0 Å². The van der Waals surface area contributed by atoms with Gasteiger partial charge in [0.15, 0.2) is 5.43 Å². The third kappa shape index (κ3) is 3.18. The van der Waals surface area contributed by atoms with Crippen LogP contribution in [0.5, 0.6) is 0 Å². The van der Waals surface area contributed by atoms with Crippen molar-refractivity contribution in [2.75, 3.05) is 5.32 Å². The summed E-state index contributed by atoms with van der Waals surface area (Å²) < 4.78 is 0. The zero-order valence-corrected chi connectivity index (χ0v) is 11.8. The topological polar surface area (TPSA) is 85.8 Å². The van der Waals surface area contributed by atoms with Crippen molar-refractivity contribution in [1.29, 1.82) is 5.26 Å². The molecule has 0 unspecified atom stereocenters. The van der Waals surface area contributed by atoms with Crippen LogP contribution in [0.3, 0.4) is 0 Å². The van der Waals surface area contributed by atoms with E-state index in [4.69, 9.17) is 5.26 Å². The fourth-order valence-electron chi connectivity index (χ4n) is 1.83. The maximum Gasteiger partial charge on any atom is 0.261 e. The molecule has 5 nitrogen and oxygen atoms in total. The van der Waals surface area contributed by atoms with E-state index in [1.807, 2.05) is 13.8 Å². The molecule has 2 rings (SSSR count). The zero-order chi connectivity index (χ0) is 15.5. The van der Waals surface area contributed by atoms with E-state index >= 15 is 0 Å². The Bertz CT molecular complexity index is 752. The number of carbonyl (C=O) groups excluding carboxylic acids is 1. The molecule has 0 radical (unpaired) electrons. The minimum atomic E-state index is -0.584. The Morgan fingerprint density at radius 1 is 1.24 bits per heavy atom. The molecule has 1 aromatic heterocycles. The quantitative estimate of drug-likeness (QED) is 0.906. The van der Waals surface area contributed by atoms with E-state index in [-0.39, 0.29) is 11.0 Å². The summed E-state index contributed by atoms with van der Waals surface area (Å²) in [6.07, 6.45) is 2.84. The number of H-pyrrole nitrogens is 1. The van der Waals surface area contributed by atoms with Crippen LogP contribution >= 0.6 is 0 Å². The molecule has 0 bridgehead atoms. The van der Waals surface area contributed by atoms with Crippen molar-refractivity contribution in [2.45, 2.75) is 19.3 Å². The molecule has 0 spiro atoms. The predicted octanol–water partition coefficient (Wildman–Crippen LogP) is 2.43. The van der Waals surface area contributed by atoms with E-state index in [1.165, 1.54) is 18.5 Å². The molecule has 1 heterocycles. The molecule has 21 heavy (non-hydrogen) atoms. The van der Waals surface area contributed by atoms with E-state index in [2.05, 4.69) is 16.4 Å². The lowest BCUT2D eigenvalue weighted by Crippen LogP contribution is -2.21. The van der Waals surface area contributed by atoms with Gasteiger partial charge in [-0.3, -0.25) is 9.59 Å². The number of hydrogen-bond acceptors (Lipinski definition) is 3. The second kappa shape index (κ2) is 5.63. The van der Waals surface area contributed by atoms with Gasteiger partial charge in [-0.05, 0) is 31.5 Å². The van der Waals surface area contributed by atoms with Crippen molar-refractivity contribution in [1.82, 2.24) is 4.98 Å². The summed E-state index contributed by atoms with van der Waals surface area (Å²) in [4.78, 5) is 26.3. The summed E-state index contributed by atoms with van der Waals surface area (Å²) >= 11 is 0. The van der Waals surface area contributed by atoms with Crippen LogP contribution in [0.25, 0.3) is 0 Å². The van der Waals surface area contributed by atoms with Gasteiger partial charge < -0.3 is 10.3 Å². The Kier molecular flexibility index (Phi) is 3.90. The van der Waals surface area contributed by atoms with Gasteiger partial charge in [0, 0.05) is 24.1 Å². The first-order valence-corrected chi connectivity index (χ1v) is 6.44. The molecule has 0 aliphatic rings. The molecular weight excluding hydrogens is 266 g/mol. The molecule has 0 fully saturated rings.